The highest BCUT2D eigenvalue weighted by molar-refractivity contribution is 7.13. The zero-order valence-corrected chi connectivity index (χ0v) is 18.0. The van der Waals surface area contributed by atoms with E-state index in [0.717, 1.165) is 23.0 Å². The van der Waals surface area contributed by atoms with Crippen molar-refractivity contribution < 1.29 is 18.0 Å². The van der Waals surface area contributed by atoms with Gasteiger partial charge < -0.3 is 4.90 Å². The number of amides is 1. The fourth-order valence-corrected chi connectivity index (χ4v) is 4.07. The highest BCUT2D eigenvalue weighted by Crippen LogP contribution is 2.33. The lowest BCUT2D eigenvalue weighted by molar-refractivity contribution is -0.142. The maximum absolute atomic E-state index is 13.7. The standard InChI is InChI=1S/C20H19F3N6OS/c1-11-13(12(2)28(4)25-11)10-27(3)19(30)15-9-18-24-14(16-6-5-7-31-16)8-17(20(21,22)23)29(18)26-15/h5-9H,10H2,1-4H3. The van der Waals surface area contributed by atoms with Crippen molar-refractivity contribution in [2.45, 2.75) is 26.6 Å². The molecule has 1 amide bonds. The first-order valence-corrected chi connectivity index (χ1v) is 10.2. The van der Waals surface area contributed by atoms with Crippen LogP contribution in [0.5, 0.6) is 0 Å². The van der Waals surface area contributed by atoms with Gasteiger partial charge in [0.25, 0.3) is 5.91 Å². The van der Waals surface area contributed by atoms with Gasteiger partial charge in [0.15, 0.2) is 17.0 Å². The first kappa shape index (κ1) is 21.0. The predicted octanol–water partition coefficient (Wildman–Crippen LogP) is 4.10. The summed E-state index contributed by atoms with van der Waals surface area (Å²) in [5.74, 6) is -0.501. The fraction of sp³-hybridized carbons (Fsp3) is 0.300. The normalized spacial score (nSPS) is 12.0. The molecule has 0 saturated heterocycles. The SMILES string of the molecule is Cc1nn(C)c(C)c1CN(C)C(=O)c1cc2nc(-c3cccs3)cc(C(F)(F)F)n2n1. The summed E-state index contributed by atoms with van der Waals surface area (Å²) in [5.41, 5.74) is 1.64. The summed E-state index contributed by atoms with van der Waals surface area (Å²) >= 11 is 1.29. The summed E-state index contributed by atoms with van der Waals surface area (Å²) in [6.07, 6.45) is -4.66. The number of carbonyl (C=O) groups excluding carboxylic acids is 1. The molecular weight excluding hydrogens is 429 g/mol. The third kappa shape index (κ3) is 3.80. The molecule has 0 fully saturated rings. The second-order valence-corrected chi connectivity index (χ2v) is 8.18. The summed E-state index contributed by atoms with van der Waals surface area (Å²) in [4.78, 5) is 19.2. The number of nitrogens with zero attached hydrogens (tertiary/aromatic N) is 6. The van der Waals surface area contributed by atoms with Crippen LogP contribution in [0, 0.1) is 13.8 Å². The molecule has 7 nitrogen and oxygen atoms in total. The van der Waals surface area contributed by atoms with Crippen LogP contribution in [0.25, 0.3) is 16.2 Å². The van der Waals surface area contributed by atoms with E-state index >= 15 is 0 Å². The van der Waals surface area contributed by atoms with Crippen molar-refractivity contribution in [1.82, 2.24) is 29.3 Å². The Hall–Kier alpha value is -3.21. The molecule has 4 aromatic rings. The third-order valence-corrected chi connectivity index (χ3v) is 6.00. The second-order valence-electron chi connectivity index (χ2n) is 7.24. The molecule has 4 heterocycles. The average molecular weight is 448 g/mol. The van der Waals surface area contributed by atoms with Crippen LogP contribution >= 0.6 is 11.3 Å². The summed E-state index contributed by atoms with van der Waals surface area (Å²) in [7, 11) is 3.39. The zero-order valence-electron chi connectivity index (χ0n) is 17.2. The van der Waals surface area contributed by atoms with Crippen LogP contribution in [-0.4, -0.2) is 42.2 Å². The maximum atomic E-state index is 13.7. The van der Waals surface area contributed by atoms with E-state index in [1.54, 1.807) is 29.2 Å². The van der Waals surface area contributed by atoms with Crippen LogP contribution in [0.15, 0.2) is 29.6 Å². The number of rotatable bonds is 4. The Morgan fingerprint density at radius 2 is 1.97 bits per heavy atom. The molecule has 4 aromatic heterocycles. The molecule has 0 N–H and O–H groups in total. The Morgan fingerprint density at radius 3 is 2.55 bits per heavy atom. The van der Waals surface area contributed by atoms with E-state index < -0.39 is 17.8 Å². The van der Waals surface area contributed by atoms with Crippen molar-refractivity contribution in [2.75, 3.05) is 7.05 Å². The van der Waals surface area contributed by atoms with Gasteiger partial charge in [0.05, 0.1) is 16.3 Å². The van der Waals surface area contributed by atoms with Crippen molar-refractivity contribution in [2.24, 2.45) is 7.05 Å². The van der Waals surface area contributed by atoms with Crippen LogP contribution in [0.3, 0.4) is 0 Å². The van der Waals surface area contributed by atoms with Crippen molar-refractivity contribution in [3.8, 4) is 10.6 Å². The Balaban J connectivity index is 1.73. The lowest BCUT2D eigenvalue weighted by atomic mass is 10.2. The van der Waals surface area contributed by atoms with E-state index in [-0.39, 0.29) is 23.6 Å². The van der Waals surface area contributed by atoms with Crippen molar-refractivity contribution in [1.29, 1.82) is 0 Å². The number of hydrogen-bond acceptors (Lipinski definition) is 5. The molecule has 11 heteroatoms. The third-order valence-electron chi connectivity index (χ3n) is 5.11. The maximum Gasteiger partial charge on any atom is 0.433 e. The molecule has 4 rings (SSSR count). The molecule has 0 radical (unpaired) electrons. The van der Waals surface area contributed by atoms with Crippen molar-refractivity contribution in [3.63, 3.8) is 0 Å². The van der Waals surface area contributed by atoms with Gasteiger partial charge in [-0.1, -0.05) is 6.07 Å². The average Bonchev–Trinajstić information content (AvgIpc) is 3.42. The van der Waals surface area contributed by atoms with Gasteiger partial charge >= 0.3 is 6.18 Å². The van der Waals surface area contributed by atoms with Gasteiger partial charge in [-0.15, -0.1) is 11.3 Å². The Morgan fingerprint density at radius 1 is 1.23 bits per heavy atom. The summed E-state index contributed by atoms with van der Waals surface area (Å²) < 4.78 is 43.5. The molecule has 0 saturated carbocycles. The molecule has 0 aliphatic carbocycles. The van der Waals surface area contributed by atoms with E-state index in [1.807, 2.05) is 20.9 Å². The lowest BCUT2D eigenvalue weighted by Gasteiger charge is -2.16. The molecule has 162 valence electrons. The molecule has 0 aromatic carbocycles. The molecule has 0 unspecified atom stereocenters. The highest BCUT2D eigenvalue weighted by Gasteiger charge is 2.36. The number of fused-ring (bicyclic) bond motifs is 1. The minimum absolute atomic E-state index is 0.0382. The van der Waals surface area contributed by atoms with Crippen LogP contribution < -0.4 is 0 Å². The minimum atomic E-state index is -4.66. The quantitative estimate of drug-likeness (QED) is 0.472. The number of halogens is 3. The zero-order chi connectivity index (χ0) is 22.5. The Labute approximate surface area is 179 Å². The van der Waals surface area contributed by atoms with E-state index in [9.17, 15) is 18.0 Å². The van der Waals surface area contributed by atoms with Gasteiger partial charge in [0.1, 0.15) is 0 Å². The molecule has 0 aliphatic heterocycles. The second kappa shape index (κ2) is 7.49. The van der Waals surface area contributed by atoms with E-state index in [2.05, 4.69) is 15.2 Å². The predicted molar refractivity (Wildman–Crippen MR) is 110 cm³/mol. The molecule has 0 aliphatic rings. The number of aromatic nitrogens is 5. The summed E-state index contributed by atoms with van der Waals surface area (Å²) in [5, 5.41) is 10.0. The minimum Gasteiger partial charge on any atom is -0.336 e. The van der Waals surface area contributed by atoms with Gasteiger partial charge in [0, 0.05) is 38.0 Å². The van der Waals surface area contributed by atoms with Gasteiger partial charge in [-0.05, 0) is 31.4 Å². The van der Waals surface area contributed by atoms with Crippen LogP contribution in [0.4, 0.5) is 13.2 Å². The first-order chi connectivity index (χ1) is 14.6. The van der Waals surface area contributed by atoms with E-state index in [0.29, 0.717) is 9.39 Å². The summed E-state index contributed by atoms with van der Waals surface area (Å²) in [6, 6.07) is 5.67. The van der Waals surface area contributed by atoms with Crippen LogP contribution in [0.2, 0.25) is 0 Å². The van der Waals surface area contributed by atoms with Crippen molar-refractivity contribution >= 4 is 22.9 Å². The molecular formula is C20H19F3N6OS. The molecule has 0 bridgehead atoms. The molecule has 31 heavy (non-hydrogen) atoms. The topological polar surface area (TPSA) is 68.3 Å². The lowest BCUT2D eigenvalue weighted by Crippen LogP contribution is -2.27. The number of hydrogen-bond donors (Lipinski definition) is 0. The van der Waals surface area contributed by atoms with Crippen LogP contribution in [0.1, 0.15) is 33.1 Å². The molecule has 0 spiro atoms. The smallest absolute Gasteiger partial charge is 0.336 e. The number of carbonyl (C=O) groups is 1. The van der Waals surface area contributed by atoms with Gasteiger partial charge in [-0.25, -0.2) is 9.50 Å². The number of aryl methyl sites for hydroxylation is 2. The largest absolute Gasteiger partial charge is 0.433 e. The first-order valence-electron chi connectivity index (χ1n) is 9.32. The van der Waals surface area contributed by atoms with E-state index in [1.165, 1.54) is 22.3 Å². The fourth-order valence-electron chi connectivity index (χ4n) is 3.38. The Kier molecular flexibility index (Phi) is 5.08. The van der Waals surface area contributed by atoms with Crippen LogP contribution in [-0.2, 0) is 19.8 Å². The Bertz CT molecular complexity index is 1270. The van der Waals surface area contributed by atoms with Gasteiger partial charge in [-0.2, -0.15) is 23.4 Å². The highest BCUT2D eigenvalue weighted by atomic mass is 32.1. The summed E-state index contributed by atoms with van der Waals surface area (Å²) in [6.45, 7) is 4.00. The molecule has 0 atom stereocenters. The number of alkyl halides is 3. The van der Waals surface area contributed by atoms with Gasteiger partial charge in [0.2, 0.25) is 0 Å². The number of thiophene rings is 1. The monoisotopic (exact) mass is 448 g/mol. The van der Waals surface area contributed by atoms with E-state index in [4.69, 9.17) is 0 Å². The van der Waals surface area contributed by atoms with Gasteiger partial charge in [-0.3, -0.25) is 9.48 Å². The van der Waals surface area contributed by atoms with Crippen molar-refractivity contribution in [3.05, 3.63) is 58.0 Å².